The number of amides is 2. The average Bonchev–Trinajstić information content (AvgIpc) is 3.45. The van der Waals surface area contributed by atoms with Crippen LogP contribution in [-0.2, 0) is 0 Å². The molecule has 0 unspecified atom stereocenters. The van der Waals surface area contributed by atoms with Crippen LogP contribution < -0.4 is 5.32 Å². The van der Waals surface area contributed by atoms with Gasteiger partial charge in [0.25, 0.3) is 11.8 Å². The lowest BCUT2D eigenvalue weighted by molar-refractivity contribution is 0.0827. The van der Waals surface area contributed by atoms with Gasteiger partial charge in [-0.05, 0) is 54.6 Å². The molecule has 0 spiro atoms. The van der Waals surface area contributed by atoms with Crippen molar-refractivity contribution >= 4 is 40.7 Å². The number of rotatable bonds is 5. The van der Waals surface area contributed by atoms with Crippen LogP contribution in [0.4, 0.5) is 5.69 Å². The molecular formula is C23H18Cl2N4O3. The van der Waals surface area contributed by atoms with Gasteiger partial charge in [0.1, 0.15) is 5.69 Å². The number of benzene rings is 2. The van der Waals surface area contributed by atoms with Crippen LogP contribution in [-0.4, -0.2) is 40.6 Å². The van der Waals surface area contributed by atoms with Crippen molar-refractivity contribution in [2.24, 2.45) is 0 Å². The summed E-state index contributed by atoms with van der Waals surface area (Å²) in [6.45, 7) is 0. The Kier molecular flexibility index (Phi) is 6.03. The maximum Gasteiger partial charge on any atom is 0.276 e. The number of furan rings is 1. The fraction of sp³-hybridized carbons (Fsp3) is 0.0870. The Morgan fingerprint density at radius 1 is 1.03 bits per heavy atom. The van der Waals surface area contributed by atoms with Crippen molar-refractivity contribution in [3.8, 4) is 17.1 Å². The van der Waals surface area contributed by atoms with E-state index in [0.717, 1.165) is 0 Å². The molecular weight excluding hydrogens is 451 g/mol. The molecule has 2 amide bonds. The third kappa shape index (κ3) is 4.39. The second kappa shape index (κ2) is 8.90. The molecule has 0 saturated heterocycles. The molecule has 0 fully saturated rings. The van der Waals surface area contributed by atoms with Gasteiger partial charge in [-0.1, -0.05) is 23.2 Å². The quantitative estimate of drug-likeness (QED) is 0.425. The summed E-state index contributed by atoms with van der Waals surface area (Å²) in [5, 5.41) is 8.09. The van der Waals surface area contributed by atoms with E-state index in [0.29, 0.717) is 38.4 Å². The van der Waals surface area contributed by atoms with Gasteiger partial charge in [-0.25, -0.2) is 4.68 Å². The van der Waals surface area contributed by atoms with Gasteiger partial charge in [0, 0.05) is 30.7 Å². The number of halogens is 2. The summed E-state index contributed by atoms with van der Waals surface area (Å²) in [6.07, 6.45) is 1.54. The molecule has 0 aliphatic heterocycles. The highest BCUT2D eigenvalue weighted by molar-refractivity contribution is 6.34. The fourth-order valence-electron chi connectivity index (χ4n) is 3.07. The Morgan fingerprint density at radius 3 is 2.44 bits per heavy atom. The topological polar surface area (TPSA) is 80.4 Å². The van der Waals surface area contributed by atoms with E-state index < -0.39 is 5.91 Å². The summed E-state index contributed by atoms with van der Waals surface area (Å²) in [6, 6.07) is 16.9. The van der Waals surface area contributed by atoms with E-state index in [-0.39, 0.29) is 11.6 Å². The van der Waals surface area contributed by atoms with E-state index in [4.69, 9.17) is 27.6 Å². The van der Waals surface area contributed by atoms with Gasteiger partial charge in [0.05, 0.1) is 22.7 Å². The van der Waals surface area contributed by atoms with Gasteiger partial charge >= 0.3 is 0 Å². The number of carbonyl (C=O) groups is 2. The monoisotopic (exact) mass is 468 g/mol. The molecule has 0 aliphatic rings. The van der Waals surface area contributed by atoms with Crippen molar-refractivity contribution in [3.63, 3.8) is 0 Å². The van der Waals surface area contributed by atoms with E-state index in [9.17, 15) is 9.59 Å². The highest BCUT2D eigenvalue weighted by Gasteiger charge is 2.20. The van der Waals surface area contributed by atoms with E-state index >= 15 is 0 Å². The second-order valence-corrected chi connectivity index (χ2v) is 7.97. The zero-order chi connectivity index (χ0) is 22.8. The lowest BCUT2D eigenvalue weighted by Gasteiger charge is -2.12. The molecule has 32 heavy (non-hydrogen) atoms. The third-order valence-corrected chi connectivity index (χ3v) is 5.24. The molecule has 0 radical (unpaired) electrons. The largest absolute Gasteiger partial charge is 0.463 e. The van der Waals surface area contributed by atoms with Gasteiger partial charge in [0.15, 0.2) is 11.5 Å². The Bertz CT molecular complexity index is 1280. The lowest BCUT2D eigenvalue weighted by Crippen LogP contribution is -2.22. The smallest absolute Gasteiger partial charge is 0.276 e. The minimum atomic E-state index is -0.484. The standard InChI is InChI=1S/C23H18Cl2N4O3/c1-28(2)23(31)14-5-10-17(25)18(12-14)26-22(30)19-13-20(21-4-3-11-32-21)29(27-19)16-8-6-15(24)7-9-16/h3-13H,1-2H3,(H,26,30). The summed E-state index contributed by atoms with van der Waals surface area (Å²) >= 11 is 12.2. The molecule has 2 aromatic carbocycles. The summed E-state index contributed by atoms with van der Waals surface area (Å²) in [5.74, 6) is -0.144. The highest BCUT2D eigenvalue weighted by Crippen LogP contribution is 2.27. The first-order valence-electron chi connectivity index (χ1n) is 9.56. The molecule has 162 valence electrons. The molecule has 7 nitrogen and oxygen atoms in total. The number of carbonyl (C=O) groups excluding carboxylic acids is 2. The first kappa shape index (κ1) is 21.7. The van der Waals surface area contributed by atoms with Crippen LogP contribution in [0.2, 0.25) is 10.0 Å². The van der Waals surface area contributed by atoms with Crippen molar-refractivity contribution in [2.45, 2.75) is 0 Å². The normalized spacial score (nSPS) is 10.8. The van der Waals surface area contributed by atoms with Gasteiger partial charge in [0.2, 0.25) is 0 Å². The fourth-order valence-corrected chi connectivity index (χ4v) is 3.36. The van der Waals surface area contributed by atoms with Crippen molar-refractivity contribution < 1.29 is 14.0 Å². The van der Waals surface area contributed by atoms with Gasteiger partial charge in [-0.2, -0.15) is 5.10 Å². The number of nitrogens with zero attached hydrogens (tertiary/aromatic N) is 3. The van der Waals surface area contributed by atoms with Gasteiger partial charge in [-0.3, -0.25) is 9.59 Å². The van der Waals surface area contributed by atoms with Crippen LogP contribution >= 0.6 is 23.2 Å². The molecule has 2 aromatic heterocycles. The molecule has 0 saturated carbocycles. The summed E-state index contributed by atoms with van der Waals surface area (Å²) in [7, 11) is 3.30. The molecule has 0 bridgehead atoms. The van der Waals surface area contributed by atoms with E-state index in [2.05, 4.69) is 10.4 Å². The zero-order valence-corrected chi connectivity index (χ0v) is 18.7. The van der Waals surface area contributed by atoms with Crippen molar-refractivity contribution in [3.05, 3.63) is 88.2 Å². The van der Waals surface area contributed by atoms with E-state index in [1.165, 1.54) is 11.0 Å². The maximum absolute atomic E-state index is 13.0. The zero-order valence-electron chi connectivity index (χ0n) is 17.2. The Morgan fingerprint density at radius 2 is 1.78 bits per heavy atom. The molecule has 2 heterocycles. The molecule has 0 atom stereocenters. The molecule has 4 aromatic rings. The summed E-state index contributed by atoms with van der Waals surface area (Å²) < 4.78 is 7.11. The maximum atomic E-state index is 13.0. The third-order valence-electron chi connectivity index (χ3n) is 4.65. The predicted molar refractivity (Wildman–Crippen MR) is 124 cm³/mol. The summed E-state index contributed by atoms with van der Waals surface area (Å²) in [4.78, 5) is 26.7. The number of aromatic nitrogens is 2. The second-order valence-electron chi connectivity index (χ2n) is 7.13. The number of hydrogen-bond acceptors (Lipinski definition) is 4. The van der Waals surface area contributed by atoms with Crippen LogP contribution in [0.3, 0.4) is 0 Å². The first-order chi connectivity index (χ1) is 15.3. The minimum absolute atomic E-state index is 0.145. The van der Waals surface area contributed by atoms with Crippen LogP contribution in [0.5, 0.6) is 0 Å². The average molecular weight is 469 g/mol. The van der Waals surface area contributed by atoms with Crippen LogP contribution in [0.15, 0.2) is 71.3 Å². The van der Waals surface area contributed by atoms with E-state index in [1.807, 2.05) is 0 Å². The van der Waals surface area contributed by atoms with Crippen LogP contribution in [0.1, 0.15) is 20.8 Å². The molecule has 0 aliphatic carbocycles. The molecule has 4 rings (SSSR count). The highest BCUT2D eigenvalue weighted by atomic mass is 35.5. The Hall–Kier alpha value is -3.55. The van der Waals surface area contributed by atoms with Crippen LogP contribution in [0, 0.1) is 0 Å². The first-order valence-corrected chi connectivity index (χ1v) is 10.3. The minimum Gasteiger partial charge on any atom is -0.463 e. The lowest BCUT2D eigenvalue weighted by atomic mass is 10.1. The van der Waals surface area contributed by atoms with Crippen molar-refractivity contribution in [1.29, 1.82) is 0 Å². The SMILES string of the molecule is CN(C)C(=O)c1ccc(Cl)c(NC(=O)c2cc(-c3ccco3)n(-c3ccc(Cl)cc3)n2)c1. The number of anilines is 1. The summed E-state index contributed by atoms with van der Waals surface area (Å²) in [5.41, 5.74) is 2.15. The number of nitrogens with one attached hydrogen (secondary N) is 1. The Balaban J connectivity index is 1.69. The molecule has 1 N–H and O–H groups in total. The molecule has 9 heteroatoms. The van der Waals surface area contributed by atoms with Gasteiger partial charge in [-0.15, -0.1) is 0 Å². The number of hydrogen-bond donors (Lipinski definition) is 1. The van der Waals surface area contributed by atoms with Gasteiger partial charge < -0.3 is 14.6 Å². The van der Waals surface area contributed by atoms with Crippen molar-refractivity contribution in [1.82, 2.24) is 14.7 Å². The Labute approximate surface area is 194 Å². The van der Waals surface area contributed by atoms with Crippen molar-refractivity contribution in [2.75, 3.05) is 19.4 Å². The predicted octanol–water partition coefficient (Wildman–Crippen LogP) is 5.39. The van der Waals surface area contributed by atoms with Crippen LogP contribution in [0.25, 0.3) is 17.1 Å². The van der Waals surface area contributed by atoms with E-state index in [1.54, 1.807) is 79.6 Å².